The van der Waals surface area contributed by atoms with E-state index in [1.165, 1.54) is 22.5 Å². The third-order valence-corrected chi connectivity index (χ3v) is 5.04. The highest BCUT2D eigenvalue weighted by atomic mass is 32.1. The topological polar surface area (TPSA) is 83.6 Å². The van der Waals surface area contributed by atoms with Crippen LogP contribution in [0.2, 0.25) is 0 Å². The van der Waals surface area contributed by atoms with E-state index >= 15 is 0 Å². The van der Waals surface area contributed by atoms with Gasteiger partial charge in [0.1, 0.15) is 0 Å². The first-order valence-electron chi connectivity index (χ1n) is 7.64. The number of aliphatic carboxylic acids is 1. The summed E-state index contributed by atoms with van der Waals surface area (Å²) >= 11 is 1.45. The summed E-state index contributed by atoms with van der Waals surface area (Å²) in [6, 6.07) is 11.2. The fourth-order valence-electron chi connectivity index (χ4n) is 2.77. The van der Waals surface area contributed by atoms with Crippen molar-refractivity contribution in [2.24, 2.45) is 5.73 Å². The molecule has 1 aliphatic heterocycles. The first-order valence-corrected chi connectivity index (χ1v) is 8.45. The zero-order valence-corrected chi connectivity index (χ0v) is 13.8. The molecule has 2 aromatic rings. The molecule has 0 aliphatic carbocycles. The van der Waals surface area contributed by atoms with Crippen molar-refractivity contribution in [3.63, 3.8) is 0 Å². The van der Waals surface area contributed by atoms with Crippen LogP contribution in [0.15, 0.2) is 42.5 Å². The zero-order chi connectivity index (χ0) is 17.1. The van der Waals surface area contributed by atoms with E-state index in [4.69, 9.17) is 10.8 Å². The summed E-state index contributed by atoms with van der Waals surface area (Å²) in [5.41, 5.74) is 8.45. The molecular weight excluding hydrogens is 324 g/mol. The van der Waals surface area contributed by atoms with Crippen LogP contribution in [0.4, 0.5) is 0 Å². The third kappa shape index (κ3) is 3.72. The van der Waals surface area contributed by atoms with E-state index in [0.29, 0.717) is 19.5 Å². The lowest BCUT2D eigenvalue weighted by Gasteiger charge is -2.19. The van der Waals surface area contributed by atoms with Gasteiger partial charge in [0, 0.05) is 35.3 Å². The number of hydrogen-bond acceptors (Lipinski definition) is 4. The molecule has 0 bridgehead atoms. The summed E-state index contributed by atoms with van der Waals surface area (Å²) in [4.78, 5) is 26.7. The Bertz CT molecular complexity index is 772. The molecule has 1 atom stereocenters. The SMILES string of the molecule is NC(Cc1ccc(C=CC(=O)O)s1)C(=O)N1Cc2ccccc2C1. The van der Waals surface area contributed by atoms with Gasteiger partial charge in [-0.3, -0.25) is 4.79 Å². The predicted octanol–water partition coefficient (Wildman–Crippen LogP) is 2.26. The normalized spacial score (nSPS) is 14.8. The Balaban J connectivity index is 1.60. The predicted molar refractivity (Wildman–Crippen MR) is 93.4 cm³/mol. The Kier molecular flexibility index (Phi) is 4.78. The first-order chi connectivity index (χ1) is 11.5. The maximum Gasteiger partial charge on any atom is 0.328 e. The van der Waals surface area contributed by atoms with Crippen molar-refractivity contribution in [3.8, 4) is 0 Å². The summed E-state index contributed by atoms with van der Waals surface area (Å²) in [5.74, 6) is -1.03. The number of nitrogens with zero attached hydrogens (tertiary/aromatic N) is 1. The van der Waals surface area contributed by atoms with E-state index in [9.17, 15) is 9.59 Å². The molecule has 1 aliphatic rings. The van der Waals surface area contributed by atoms with Crippen LogP contribution in [0.25, 0.3) is 6.08 Å². The van der Waals surface area contributed by atoms with Gasteiger partial charge in [-0.05, 0) is 29.3 Å². The van der Waals surface area contributed by atoms with Gasteiger partial charge >= 0.3 is 5.97 Å². The largest absolute Gasteiger partial charge is 0.478 e. The van der Waals surface area contributed by atoms with Crippen molar-refractivity contribution < 1.29 is 14.7 Å². The highest BCUT2D eigenvalue weighted by molar-refractivity contribution is 7.12. The van der Waals surface area contributed by atoms with Crippen LogP contribution in [0, 0.1) is 0 Å². The summed E-state index contributed by atoms with van der Waals surface area (Å²) < 4.78 is 0. The molecule has 0 fully saturated rings. The number of nitrogens with two attached hydrogens (primary N) is 1. The van der Waals surface area contributed by atoms with E-state index in [2.05, 4.69) is 0 Å². The van der Waals surface area contributed by atoms with Gasteiger partial charge in [0.15, 0.2) is 0 Å². The Morgan fingerprint density at radius 1 is 1.21 bits per heavy atom. The van der Waals surface area contributed by atoms with Gasteiger partial charge < -0.3 is 15.7 Å². The minimum absolute atomic E-state index is 0.0535. The first kappa shape index (κ1) is 16.4. The minimum atomic E-state index is -0.981. The molecule has 0 saturated carbocycles. The molecule has 1 unspecified atom stereocenters. The van der Waals surface area contributed by atoms with Gasteiger partial charge in [-0.2, -0.15) is 0 Å². The maximum atomic E-state index is 12.6. The summed E-state index contributed by atoms with van der Waals surface area (Å²) in [5, 5.41) is 8.64. The highest BCUT2D eigenvalue weighted by Gasteiger charge is 2.27. The van der Waals surface area contributed by atoms with Crippen molar-refractivity contribution in [2.45, 2.75) is 25.6 Å². The molecule has 0 spiro atoms. The van der Waals surface area contributed by atoms with E-state index in [1.807, 2.05) is 36.4 Å². The molecule has 1 aromatic carbocycles. The van der Waals surface area contributed by atoms with E-state index in [0.717, 1.165) is 15.8 Å². The number of carbonyl (C=O) groups is 2. The fourth-order valence-corrected chi connectivity index (χ4v) is 3.75. The zero-order valence-electron chi connectivity index (χ0n) is 13.0. The van der Waals surface area contributed by atoms with Crippen LogP contribution in [-0.4, -0.2) is 27.9 Å². The molecule has 0 radical (unpaired) electrons. The Hall–Kier alpha value is -2.44. The van der Waals surface area contributed by atoms with Crippen LogP contribution < -0.4 is 5.73 Å². The molecule has 5 nitrogen and oxygen atoms in total. The molecule has 24 heavy (non-hydrogen) atoms. The molecule has 3 N–H and O–H groups in total. The average molecular weight is 342 g/mol. The summed E-state index contributed by atoms with van der Waals surface area (Å²) in [7, 11) is 0. The average Bonchev–Trinajstić information content (AvgIpc) is 3.18. The fraction of sp³-hybridized carbons (Fsp3) is 0.222. The van der Waals surface area contributed by atoms with Crippen LogP contribution in [-0.2, 0) is 29.1 Å². The van der Waals surface area contributed by atoms with Crippen molar-refractivity contribution in [2.75, 3.05) is 0 Å². The lowest BCUT2D eigenvalue weighted by Crippen LogP contribution is -2.42. The van der Waals surface area contributed by atoms with Crippen LogP contribution in [0.3, 0.4) is 0 Å². The van der Waals surface area contributed by atoms with E-state index < -0.39 is 12.0 Å². The molecule has 3 rings (SSSR count). The van der Waals surface area contributed by atoms with Gasteiger partial charge in [-0.25, -0.2) is 4.79 Å². The Labute approximate surface area is 144 Å². The quantitative estimate of drug-likeness (QED) is 0.817. The number of hydrogen-bond donors (Lipinski definition) is 2. The number of thiophene rings is 1. The molecule has 6 heteroatoms. The number of carboxylic acids is 1. The molecule has 2 heterocycles. The van der Waals surface area contributed by atoms with Crippen molar-refractivity contribution >= 4 is 29.3 Å². The Morgan fingerprint density at radius 3 is 2.50 bits per heavy atom. The standard InChI is InChI=1S/C18H18N2O3S/c19-16(9-15-6-5-14(24-15)7-8-17(21)22)18(23)20-10-12-3-1-2-4-13(12)11-20/h1-8,16H,9-11,19H2,(H,21,22). The number of carbonyl (C=O) groups excluding carboxylic acids is 1. The van der Waals surface area contributed by atoms with Gasteiger partial charge in [0.2, 0.25) is 5.91 Å². The second-order valence-corrected chi connectivity index (χ2v) is 6.95. The van der Waals surface area contributed by atoms with Crippen LogP contribution in [0.5, 0.6) is 0 Å². The van der Waals surface area contributed by atoms with Crippen LogP contribution >= 0.6 is 11.3 Å². The second kappa shape index (κ2) is 6.98. The smallest absolute Gasteiger partial charge is 0.328 e. The molecular formula is C18H18N2O3S. The lowest BCUT2D eigenvalue weighted by molar-refractivity contribution is -0.133. The highest BCUT2D eigenvalue weighted by Crippen LogP contribution is 2.24. The van der Waals surface area contributed by atoms with Crippen LogP contribution in [0.1, 0.15) is 20.9 Å². The van der Waals surface area contributed by atoms with Crippen molar-refractivity contribution in [1.82, 2.24) is 4.90 Å². The van der Waals surface area contributed by atoms with Gasteiger partial charge in [0.25, 0.3) is 0 Å². The number of benzene rings is 1. The molecule has 124 valence electrons. The summed E-state index contributed by atoms with van der Waals surface area (Å²) in [6.07, 6.45) is 3.10. The lowest BCUT2D eigenvalue weighted by atomic mass is 10.1. The van der Waals surface area contributed by atoms with Gasteiger partial charge in [-0.15, -0.1) is 11.3 Å². The van der Waals surface area contributed by atoms with E-state index in [1.54, 1.807) is 11.0 Å². The molecule has 0 saturated heterocycles. The molecule has 1 amide bonds. The number of rotatable bonds is 5. The van der Waals surface area contributed by atoms with Gasteiger partial charge in [-0.1, -0.05) is 24.3 Å². The van der Waals surface area contributed by atoms with Gasteiger partial charge in [0.05, 0.1) is 6.04 Å². The number of fused-ring (bicyclic) bond motifs is 1. The van der Waals surface area contributed by atoms with Crippen molar-refractivity contribution in [3.05, 3.63) is 63.4 Å². The minimum Gasteiger partial charge on any atom is -0.478 e. The second-order valence-electron chi connectivity index (χ2n) is 5.75. The maximum absolute atomic E-state index is 12.6. The third-order valence-electron chi connectivity index (χ3n) is 3.96. The van der Waals surface area contributed by atoms with Crippen molar-refractivity contribution in [1.29, 1.82) is 0 Å². The Morgan fingerprint density at radius 2 is 1.88 bits per heavy atom. The number of carboxylic acid groups (broad SMARTS) is 1. The number of amides is 1. The van der Waals surface area contributed by atoms with E-state index in [-0.39, 0.29) is 5.91 Å². The monoisotopic (exact) mass is 342 g/mol. The summed E-state index contributed by atoms with van der Waals surface area (Å²) in [6.45, 7) is 1.22. The molecule has 1 aromatic heterocycles.